The first-order valence-electron chi connectivity index (χ1n) is 7.45. The van der Waals surface area contributed by atoms with E-state index in [0.717, 1.165) is 18.0 Å². The molecule has 2 rings (SSSR count). The molecule has 1 aromatic rings. The fraction of sp³-hybridized carbons (Fsp3) is 0.471. The predicted molar refractivity (Wildman–Crippen MR) is 84.0 cm³/mol. The van der Waals surface area contributed by atoms with Crippen molar-refractivity contribution in [3.05, 3.63) is 35.9 Å². The SMILES string of the molecule is CC1CCCC(CNC(=O)/C=C/c2cccc(N)c2)C1. The third-order valence-corrected chi connectivity index (χ3v) is 3.95. The number of anilines is 1. The molecular weight excluding hydrogens is 248 g/mol. The molecule has 0 heterocycles. The Morgan fingerprint density at radius 3 is 3.05 bits per heavy atom. The lowest BCUT2D eigenvalue weighted by molar-refractivity contribution is -0.116. The van der Waals surface area contributed by atoms with Crippen LogP contribution < -0.4 is 11.1 Å². The molecule has 1 aliphatic rings. The van der Waals surface area contributed by atoms with Crippen LogP contribution in [-0.2, 0) is 4.79 Å². The third kappa shape index (κ3) is 4.72. The molecule has 0 aromatic heterocycles. The van der Waals surface area contributed by atoms with Gasteiger partial charge in [0.15, 0.2) is 0 Å². The highest BCUT2D eigenvalue weighted by Gasteiger charge is 2.18. The molecule has 0 bridgehead atoms. The first kappa shape index (κ1) is 14.6. The molecule has 3 nitrogen and oxygen atoms in total. The van der Waals surface area contributed by atoms with E-state index >= 15 is 0 Å². The minimum absolute atomic E-state index is 0.0225. The van der Waals surface area contributed by atoms with Crippen LogP contribution in [0, 0.1) is 11.8 Å². The molecule has 3 N–H and O–H groups in total. The van der Waals surface area contributed by atoms with Gasteiger partial charge in [0.05, 0.1) is 0 Å². The van der Waals surface area contributed by atoms with Crippen molar-refractivity contribution in [2.24, 2.45) is 11.8 Å². The number of amides is 1. The van der Waals surface area contributed by atoms with Crippen LogP contribution >= 0.6 is 0 Å². The summed E-state index contributed by atoms with van der Waals surface area (Å²) in [6.07, 6.45) is 8.49. The average Bonchev–Trinajstić information content (AvgIpc) is 2.43. The number of benzene rings is 1. The van der Waals surface area contributed by atoms with Crippen LogP contribution in [0.4, 0.5) is 5.69 Å². The van der Waals surface area contributed by atoms with E-state index in [1.54, 1.807) is 12.2 Å². The molecule has 1 amide bonds. The molecule has 20 heavy (non-hydrogen) atoms. The number of nitrogens with two attached hydrogens (primary N) is 1. The number of hydrogen-bond acceptors (Lipinski definition) is 2. The van der Waals surface area contributed by atoms with Gasteiger partial charge in [-0.15, -0.1) is 0 Å². The number of nitrogen functional groups attached to an aromatic ring is 1. The summed E-state index contributed by atoms with van der Waals surface area (Å²) in [5, 5.41) is 3.00. The first-order valence-corrected chi connectivity index (χ1v) is 7.45. The van der Waals surface area contributed by atoms with Crippen molar-refractivity contribution >= 4 is 17.7 Å². The number of nitrogens with one attached hydrogen (secondary N) is 1. The number of carbonyl (C=O) groups excluding carboxylic acids is 1. The summed E-state index contributed by atoms with van der Waals surface area (Å²) in [6.45, 7) is 3.10. The zero-order valence-corrected chi connectivity index (χ0v) is 12.1. The Morgan fingerprint density at radius 1 is 1.45 bits per heavy atom. The fourth-order valence-electron chi connectivity index (χ4n) is 2.88. The third-order valence-electron chi connectivity index (χ3n) is 3.95. The minimum Gasteiger partial charge on any atom is -0.399 e. The normalized spacial score (nSPS) is 22.9. The maximum atomic E-state index is 11.8. The minimum atomic E-state index is -0.0225. The molecule has 3 heteroatoms. The van der Waals surface area contributed by atoms with Crippen molar-refractivity contribution < 1.29 is 4.79 Å². The van der Waals surface area contributed by atoms with Gasteiger partial charge in [0.1, 0.15) is 0 Å². The maximum absolute atomic E-state index is 11.8. The Hall–Kier alpha value is -1.77. The summed E-state index contributed by atoms with van der Waals surface area (Å²) in [5.74, 6) is 1.42. The topological polar surface area (TPSA) is 55.1 Å². The smallest absolute Gasteiger partial charge is 0.244 e. The van der Waals surface area contributed by atoms with Gasteiger partial charge in [0.2, 0.25) is 5.91 Å². The second-order valence-electron chi connectivity index (χ2n) is 5.89. The lowest BCUT2D eigenvalue weighted by atomic mass is 9.82. The fourth-order valence-corrected chi connectivity index (χ4v) is 2.88. The summed E-state index contributed by atoms with van der Waals surface area (Å²) in [6, 6.07) is 7.51. The Bertz CT molecular complexity index is 482. The molecule has 0 saturated heterocycles. The first-order chi connectivity index (χ1) is 9.63. The molecule has 108 valence electrons. The second kappa shape index (κ2) is 7.13. The molecule has 1 aliphatic carbocycles. The highest BCUT2D eigenvalue weighted by molar-refractivity contribution is 5.91. The molecule has 0 aliphatic heterocycles. The highest BCUT2D eigenvalue weighted by atomic mass is 16.1. The molecule has 1 aromatic carbocycles. The Morgan fingerprint density at radius 2 is 2.30 bits per heavy atom. The van der Waals surface area contributed by atoms with Crippen molar-refractivity contribution in [2.45, 2.75) is 32.6 Å². The number of hydrogen-bond donors (Lipinski definition) is 2. The summed E-state index contributed by atoms with van der Waals surface area (Å²) in [4.78, 5) is 11.8. The van der Waals surface area contributed by atoms with E-state index in [4.69, 9.17) is 5.73 Å². The Kier molecular flexibility index (Phi) is 5.22. The van der Waals surface area contributed by atoms with Gasteiger partial charge < -0.3 is 11.1 Å². The maximum Gasteiger partial charge on any atom is 0.244 e. The van der Waals surface area contributed by atoms with E-state index in [2.05, 4.69) is 12.2 Å². The molecule has 1 fully saturated rings. The zero-order valence-electron chi connectivity index (χ0n) is 12.1. The van der Waals surface area contributed by atoms with Gasteiger partial charge in [-0.25, -0.2) is 0 Å². The van der Waals surface area contributed by atoms with Crippen LogP contribution in [0.1, 0.15) is 38.2 Å². The molecule has 1 saturated carbocycles. The number of carbonyl (C=O) groups is 1. The number of rotatable bonds is 4. The summed E-state index contributed by atoms with van der Waals surface area (Å²) >= 11 is 0. The van der Waals surface area contributed by atoms with Gasteiger partial charge >= 0.3 is 0 Å². The van der Waals surface area contributed by atoms with Crippen LogP contribution in [-0.4, -0.2) is 12.5 Å². The van der Waals surface area contributed by atoms with E-state index in [-0.39, 0.29) is 5.91 Å². The van der Waals surface area contributed by atoms with Gasteiger partial charge in [-0.2, -0.15) is 0 Å². The zero-order chi connectivity index (χ0) is 14.4. The van der Waals surface area contributed by atoms with Crippen LogP contribution in [0.2, 0.25) is 0 Å². The lowest BCUT2D eigenvalue weighted by Gasteiger charge is -2.26. The summed E-state index contributed by atoms with van der Waals surface area (Å²) < 4.78 is 0. The quantitative estimate of drug-likeness (QED) is 0.653. The van der Waals surface area contributed by atoms with Gasteiger partial charge in [0.25, 0.3) is 0 Å². The Balaban J connectivity index is 1.77. The second-order valence-corrected chi connectivity index (χ2v) is 5.89. The van der Waals surface area contributed by atoms with E-state index < -0.39 is 0 Å². The van der Waals surface area contributed by atoms with Crippen molar-refractivity contribution in [1.29, 1.82) is 0 Å². The standard InChI is InChI=1S/C17H24N2O/c1-13-4-2-6-15(10-13)12-19-17(20)9-8-14-5-3-7-16(18)11-14/h3,5,7-9,11,13,15H,2,4,6,10,12,18H2,1H3,(H,19,20)/b9-8+. The van der Waals surface area contributed by atoms with Crippen molar-refractivity contribution in [2.75, 3.05) is 12.3 Å². The predicted octanol–water partition coefficient (Wildman–Crippen LogP) is 3.22. The van der Waals surface area contributed by atoms with E-state index in [9.17, 15) is 4.79 Å². The van der Waals surface area contributed by atoms with Gasteiger partial charge in [-0.1, -0.05) is 31.9 Å². The van der Waals surface area contributed by atoms with Crippen LogP contribution in [0.5, 0.6) is 0 Å². The van der Waals surface area contributed by atoms with Gasteiger partial charge in [0, 0.05) is 18.3 Å². The van der Waals surface area contributed by atoms with Gasteiger partial charge in [-0.05, 0) is 48.4 Å². The van der Waals surface area contributed by atoms with E-state index in [0.29, 0.717) is 11.6 Å². The molecule has 0 radical (unpaired) electrons. The van der Waals surface area contributed by atoms with Crippen LogP contribution in [0.15, 0.2) is 30.3 Å². The van der Waals surface area contributed by atoms with Crippen molar-refractivity contribution in [3.63, 3.8) is 0 Å². The largest absolute Gasteiger partial charge is 0.399 e. The summed E-state index contributed by atoms with van der Waals surface area (Å²) in [7, 11) is 0. The van der Waals surface area contributed by atoms with E-state index in [1.165, 1.54) is 25.7 Å². The van der Waals surface area contributed by atoms with Crippen LogP contribution in [0.25, 0.3) is 6.08 Å². The van der Waals surface area contributed by atoms with Gasteiger partial charge in [-0.3, -0.25) is 4.79 Å². The molecule has 2 atom stereocenters. The lowest BCUT2D eigenvalue weighted by Crippen LogP contribution is -2.30. The summed E-state index contributed by atoms with van der Waals surface area (Å²) in [5.41, 5.74) is 7.36. The monoisotopic (exact) mass is 272 g/mol. The van der Waals surface area contributed by atoms with Crippen LogP contribution in [0.3, 0.4) is 0 Å². The molecule has 0 spiro atoms. The van der Waals surface area contributed by atoms with Crippen molar-refractivity contribution in [1.82, 2.24) is 5.32 Å². The Labute approximate surface area is 121 Å². The van der Waals surface area contributed by atoms with Crippen molar-refractivity contribution in [3.8, 4) is 0 Å². The molecular formula is C17H24N2O. The molecule has 2 unspecified atom stereocenters. The van der Waals surface area contributed by atoms with E-state index in [1.807, 2.05) is 24.3 Å². The highest BCUT2D eigenvalue weighted by Crippen LogP contribution is 2.27. The average molecular weight is 272 g/mol.